The second-order valence-electron chi connectivity index (χ2n) is 3.76. The van der Waals surface area contributed by atoms with Gasteiger partial charge in [-0.2, -0.15) is 0 Å². The molecule has 1 N–H and O–H groups in total. The van der Waals surface area contributed by atoms with Crippen molar-refractivity contribution in [2.45, 2.75) is 18.9 Å². The van der Waals surface area contributed by atoms with Gasteiger partial charge in [0.1, 0.15) is 0 Å². The number of halogens is 1. The summed E-state index contributed by atoms with van der Waals surface area (Å²) in [5, 5.41) is 12.4. The molecule has 0 bridgehead atoms. The molecule has 1 atom stereocenters. The van der Waals surface area contributed by atoms with Gasteiger partial charge >= 0.3 is 0 Å². The van der Waals surface area contributed by atoms with E-state index < -0.39 is 0 Å². The van der Waals surface area contributed by atoms with Crippen LogP contribution in [0.2, 0.25) is 5.02 Å². The summed E-state index contributed by atoms with van der Waals surface area (Å²) < 4.78 is 1.96. The highest BCUT2D eigenvalue weighted by Crippen LogP contribution is 2.24. The fourth-order valence-electron chi connectivity index (χ4n) is 2.04. The van der Waals surface area contributed by atoms with E-state index in [2.05, 4.69) is 15.5 Å². The molecule has 0 radical (unpaired) electrons. The molecule has 1 saturated heterocycles. The summed E-state index contributed by atoms with van der Waals surface area (Å²) in [6.45, 7) is 1.06. The molecule has 15 heavy (non-hydrogen) atoms. The SMILES string of the molecule is Clc1cccn2c(C3CCCN3)nnc12. The summed E-state index contributed by atoms with van der Waals surface area (Å²) >= 11 is 6.03. The first-order chi connectivity index (χ1) is 7.36. The van der Waals surface area contributed by atoms with Gasteiger partial charge in [0.25, 0.3) is 0 Å². The molecule has 0 spiro atoms. The lowest BCUT2D eigenvalue weighted by molar-refractivity contribution is 0.598. The molecule has 2 aromatic heterocycles. The summed E-state index contributed by atoms with van der Waals surface area (Å²) in [4.78, 5) is 0. The number of rotatable bonds is 1. The number of pyridine rings is 1. The number of fused-ring (bicyclic) bond motifs is 1. The summed E-state index contributed by atoms with van der Waals surface area (Å²) in [7, 11) is 0. The molecule has 5 heteroatoms. The second-order valence-corrected chi connectivity index (χ2v) is 4.16. The second kappa shape index (κ2) is 3.47. The van der Waals surface area contributed by atoms with Crippen LogP contribution < -0.4 is 5.32 Å². The van der Waals surface area contributed by atoms with E-state index in [9.17, 15) is 0 Å². The standard InChI is InChI=1S/C10H11ClN4/c11-7-3-2-6-15-9(7)13-14-10(15)8-4-1-5-12-8/h2-3,6,8,12H,1,4-5H2. The maximum atomic E-state index is 6.03. The lowest BCUT2D eigenvalue weighted by Gasteiger charge is -2.07. The third-order valence-electron chi connectivity index (χ3n) is 2.79. The van der Waals surface area contributed by atoms with Crippen molar-refractivity contribution in [3.63, 3.8) is 0 Å². The molecule has 3 rings (SSSR count). The highest BCUT2D eigenvalue weighted by atomic mass is 35.5. The van der Waals surface area contributed by atoms with Crippen LogP contribution in [-0.2, 0) is 0 Å². The van der Waals surface area contributed by atoms with Crippen LogP contribution in [0.25, 0.3) is 5.65 Å². The molecule has 2 aromatic rings. The van der Waals surface area contributed by atoms with Gasteiger partial charge in [0.2, 0.25) is 0 Å². The first-order valence-corrected chi connectivity index (χ1v) is 5.46. The summed E-state index contributed by atoms with van der Waals surface area (Å²) in [6.07, 6.45) is 4.27. The van der Waals surface area contributed by atoms with Gasteiger partial charge in [-0.3, -0.25) is 4.40 Å². The molecule has 0 aromatic carbocycles. The first-order valence-electron chi connectivity index (χ1n) is 5.09. The number of nitrogens with zero attached hydrogens (tertiary/aromatic N) is 3. The Kier molecular flexibility index (Phi) is 2.11. The molecule has 0 aliphatic carbocycles. The molecule has 1 aliphatic heterocycles. The van der Waals surface area contributed by atoms with Crippen molar-refractivity contribution in [3.8, 4) is 0 Å². The molecular weight excluding hydrogens is 212 g/mol. The molecular formula is C10H11ClN4. The Morgan fingerprint density at radius 3 is 3.20 bits per heavy atom. The molecule has 1 fully saturated rings. The van der Waals surface area contributed by atoms with Crippen LogP contribution in [0.15, 0.2) is 18.3 Å². The Labute approximate surface area is 92.3 Å². The van der Waals surface area contributed by atoms with Crippen LogP contribution in [-0.4, -0.2) is 21.1 Å². The zero-order chi connectivity index (χ0) is 10.3. The largest absolute Gasteiger partial charge is 0.307 e. The van der Waals surface area contributed by atoms with E-state index in [0.29, 0.717) is 11.1 Å². The summed E-state index contributed by atoms with van der Waals surface area (Å²) in [5.41, 5.74) is 0.739. The Balaban J connectivity index is 2.15. The zero-order valence-electron chi connectivity index (χ0n) is 8.15. The van der Waals surface area contributed by atoms with E-state index in [1.54, 1.807) is 0 Å². The third kappa shape index (κ3) is 1.41. The van der Waals surface area contributed by atoms with Crippen LogP contribution >= 0.6 is 11.6 Å². The van der Waals surface area contributed by atoms with Gasteiger partial charge in [-0.25, -0.2) is 0 Å². The van der Waals surface area contributed by atoms with E-state index >= 15 is 0 Å². The average Bonchev–Trinajstić information content (AvgIpc) is 2.85. The van der Waals surface area contributed by atoms with E-state index in [0.717, 1.165) is 24.4 Å². The van der Waals surface area contributed by atoms with Gasteiger partial charge in [-0.1, -0.05) is 11.6 Å². The van der Waals surface area contributed by atoms with Crippen LogP contribution in [0.1, 0.15) is 24.7 Å². The van der Waals surface area contributed by atoms with Crippen LogP contribution in [0.4, 0.5) is 0 Å². The number of aromatic nitrogens is 3. The van der Waals surface area contributed by atoms with Gasteiger partial charge in [0, 0.05) is 6.20 Å². The maximum Gasteiger partial charge on any atom is 0.179 e. The minimum atomic E-state index is 0.318. The van der Waals surface area contributed by atoms with Crippen LogP contribution in [0.5, 0.6) is 0 Å². The molecule has 78 valence electrons. The number of hydrogen-bond donors (Lipinski definition) is 1. The predicted octanol–water partition coefficient (Wildman–Crippen LogP) is 1.81. The van der Waals surface area contributed by atoms with Crippen molar-refractivity contribution in [2.24, 2.45) is 0 Å². The maximum absolute atomic E-state index is 6.03. The zero-order valence-corrected chi connectivity index (χ0v) is 8.91. The Morgan fingerprint density at radius 2 is 2.40 bits per heavy atom. The highest BCUT2D eigenvalue weighted by Gasteiger charge is 2.21. The van der Waals surface area contributed by atoms with Gasteiger partial charge in [0.15, 0.2) is 11.5 Å². The average molecular weight is 223 g/mol. The van der Waals surface area contributed by atoms with Gasteiger partial charge in [-0.15, -0.1) is 10.2 Å². The van der Waals surface area contributed by atoms with E-state index in [1.807, 2.05) is 22.7 Å². The molecule has 4 nitrogen and oxygen atoms in total. The highest BCUT2D eigenvalue weighted by molar-refractivity contribution is 6.33. The number of hydrogen-bond acceptors (Lipinski definition) is 3. The fraction of sp³-hybridized carbons (Fsp3) is 0.400. The van der Waals surface area contributed by atoms with Gasteiger partial charge in [0.05, 0.1) is 11.1 Å². The Bertz CT molecular complexity index is 487. The van der Waals surface area contributed by atoms with Gasteiger partial charge < -0.3 is 5.32 Å². The van der Waals surface area contributed by atoms with E-state index in [4.69, 9.17) is 11.6 Å². The molecule has 3 heterocycles. The van der Waals surface area contributed by atoms with Crippen LogP contribution in [0.3, 0.4) is 0 Å². The smallest absolute Gasteiger partial charge is 0.179 e. The normalized spacial score (nSPS) is 21.3. The Hall–Kier alpha value is -1.13. The Morgan fingerprint density at radius 1 is 1.47 bits per heavy atom. The molecule has 0 amide bonds. The quantitative estimate of drug-likeness (QED) is 0.800. The van der Waals surface area contributed by atoms with Crippen molar-refractivity contribution in [3.05, 3.63) is 29.2 Å². The van der Waals surface area contributed by atoms with Crippen LogP contribution in [0, 0.1) is 0 Å². The minimum absolute atomic E-state index is 0.318. The lowest BCUT2D eigenvalue weighted by atomic mass is 10.2. The predicted molar refractivity (Wildman–Crippen MR) is 58.0 cm³/mol. The van der Waals surface area contributed by atoms with Gasteiger partial charge in [-0.05, 0) is 31.5 Å². The molecule has 1 unspecified atom stereocenters. The molecule has 1 aliphatic rings. The fourth-order valence-corrected chi connectivity index (χ4v) is 2.25. The van der Waals surface area contributed by atoms with Crippen molar-refractivity contribution in [1.82, 2.24) is 19.9 Å². The summed E-state index contributed by atoms with van der Waals surface area (Å²) in [5.74, 6) is 0.963. The van der Waals surface area contributed by atoms with Crippen molar-refractivity contribution < 1.29 is 0 Å². The third-order valence-corrected chi connectivity index (χ3v) is 3.08. The van der Waals surface area contributed by atoms with E-state index in [-0.39, 0.29) is 0 Å². The molecule has 0 saturated carbocycles. The monoisotopic (exact) mass is 222 g/mol. The topological polar surface area (TPSA) is 42.2 Å². The van der Waals surface area contributed by atoms with Crippen molar-refractivity contribution in [1.29, 1.82) is 0 Å². The van der Waals surface area contributed by atoms with E-state index in [1.165, 1.54) is 6.42 Å². The minimum Gasteiger partial charge on any atom is -0.307 e. The lowest BCUT2D eigenvalue weighted by Crippen LogP contribution is -2.15. The summed E-state index contributed by atoms with van der Waals surface area (Å²) in [6, 6.07) is 4.06. The van der Waals surface area contributed by atoms with Crippen molar-refractivity contribution >= 4 is 17.2 Å². The first kappa shape index (κ1) is 9.12. The van der Waals surface area contributed by atoms with Crippen molar-refractivity contribution in [2.75, 3.05) is 6.54 Å². The number of nitrogens with one attached hydrogen (secondary N) is 1.